The van der Waals surface area contributed by atoms with Crippen molar-refractivity contribution in [2.75, 3.05) is 26.3 Å². The maximum absolute atomic E-state index is 12.8. The average molecular weight is 347 g/mol. The zero-order chi connectivity index (χ0) is 17.9. The van der Waals surface area contributed by atoms with Crippen LogP contribution in [0, 0.1) is 5.41 Å². The number of amides is 1. The highest BCUT2D eigenvalue weighted by molar-refractivity contribution is 5.95. The average Bonchev–Trinajstić information content (AvgIpc) is 2.59. The Morgan fingerprint density at radius 3 is 2.40 bits per heavy atom. The highest BCUT2D eigenvalue weighted by Crippen LogP contribution is 2.48. The highest BCUT2D eigenvalue weighted by atomic mass is 16.5. The van der Waals surface area contributed by atoms with Crippen LogP contribution in [0.4, 0.5) is 0 Å². The third kappa shape index (κ3) is 3.89. The molecule has 2 aliphatic rings. The molecule has 1 saturated carbocycles. The molecular weight excluding hydrogens is 322 g/mol. The molecule has 1 aromatic carbocycles. The maximum atomic E-state index is 12.8. The lowest BCUT2D eigenvalue weighted by atomic mass is 9.63. The molecule has 1 aliphatic carbocycles. The van der Waals surface area contributed by atoms with Crippen molar-refractivity contribution >= 4 is 11.9 Å². The summed E-state index contributed by atoms with van der Waals surface area (Å²) in [5.41, 5.74) is 1.05. The molecule has 25 heavy (non-hydrogen) atoms. The van der Waals surface area contributed by atoms with Crippen molar-refractivity contribution in [3.63, 3.8) is 0 Å². The van der Waals surface area contributed by atoms with E-state index in [0.717, 1.165) is 25.9 Å². The number of rotatable bonds is 6. The van der Waals surface area contributed by atoms with Gasteiger partial charge in [-0.25, -0.2) is 4.79 Å². The van der Waals surface area contributed by atoms with Gasteiger partial charge < -0.3 is 19.5 Å². The number of carboxylic acid groups (broad SMARTS) is 1. The Bertz CT molecular complexity index is 643. The summed E-state index contributed by atoms with van der Waals surface area (Å²) in [5.74, 6) is -0.310. The number of nitrogens with zero attached hydrogens (tertiary/aromatic N) is 1. The summed E-state index contributed by atoms with van der Waals surface area (Å²) in [7, 11) is 0. The monoisotopic (exact) mass is 347 g/mol. The number of hydrogen-bond acceptors (Lipinski definition) is 4. The molecule has 0 aromatic heterocycles. The first kappa shape index (κ1) is 17.6. The topological polar surface area (TPSA) is 76.1 Å². The van der Waals surface area contributed by atoms with Gasteiger partial charge in [0.2, 0.25) is 0 Å². The number of carboxylic acids is 1. The number of benzene rings is 1. The predicted octanol–water partition coefficient (Wildman–Crippen LogP) is 2.96. The summed E-state index contributed by atoms with van der Waals surface area (Å²) in [6, 6.07) is 4.94. The molecule has 0 radical (unpaired) electrons. The third-order valence-electron chi connectivity index (χ3n) is 5.37. The fourth-order valence-electron chi connectivity index (χ4n) is 3.71. The van der Waals surface area contributed by atoms with Crippen LogP contribution in [0.5, 0.6) is 11.5 Å². The first-order chi connectivity index (χ1) is 12.0. The second-order valence-electron chi connectivity index (χ2n) is 6.92. The molecule has 6 nitrogen and oxygen atoms in total. The quantitative estimate of drug-likeness (QED) is 0.856. The first-order valence-corrected chi connectivity index (χ1v) is 8.94. The summed E-state index contributed by atoms with van der Waals surface area (Å²) >= 11 is 0. The Morgan fingerprint density at radius 2 is 1.84 bits per heavy atom. The minimum atomic E-state index is -1.05. The van der Waals surface area contributed by atoms with E-state index in [1.54, 1.807) is 18.2 Å². The molecule has 1 spiro atoms. The maximum Gasteiger partial charge on any atom is 0.341 e. The molecule has 1 saturated heterocycles. The van der Waals surface area contributed by atoms with Gasteiger partial charge in [0.1, 0.15) is 0 Å². The van der Waals surface area contributed by atoms with Crippen LogP contribution < -0.4 is 9.47 Å². The van der Waals surface area contributed by atoms with Crippen LogP contribution in [0.1, 0.15) is 49.4 Å². The molecule has 1 amide bonds. The van der Waals surface area contributed by atoms with Gasteiger partial charge in [-0.1, -0.05) is 6.42 Å². The van der Waals surface area contributed by atoms with Crippen molar-refractivity contribution in [1.82, 2.24) is 4.90 Å². The van der Waals surface area contributed by atoms with E-state index in [9.17, 15) is 9.59 Å². The van der Waals surface area contributed by atoms with Crippen LogP contribution in [0.15, 0.2) is 18.2 Å². The van der Waals surface area contributed by atoms with Gasteiger partial charge in [-0.2, -0.15) is 0 Å². The van der Waals surface area contributed by atoms with Crippen LogP contribution in [0.25, 0.3) is 0 Å². The van der Waals surface area contributed by atoms with Gasteiger partial charge in [0.25, 0.3) is 5.91 Å². The Balaban J connectivity index is 1.69. The summed E-state index contributed by atoms with van der Waals surface area (Å²) in [4.78, 5) is 25.4. The number of carbonyl (C=O) groups excluding carboxylic acids is 1. The van der Waals surface area contributed by atoms with Gasteiger partial charge in [0.05, 0.1) is 6.61 Å². The van der Waals surface area contributed by atoms with E-state index >= 15 is 0 Å². The van der Waals surface area contributed by atoms with E-state index < -0.39 is 12.6 Å². The predicted molar refractivity (Wildman–Crippen MR) is 92.2 cm³/mol. The van der Waals surface area contributed by atoms with E-state index in [-0.39, 0.29) is 5.91 Å². The fraction of sp³-hybridized carbons (Fsp3) is 0.579. The molecule has 0 atom stereocenters. The van der Waals surface area contributed by atoms with Crippen molar-refractivity contribution in [2.24, 2.45) is 5.41 Å². The van der Waals surface area contributed by atoms with Crippen molar-refractivity contribution in [2.45, 2.75) is 39.0 Å². The zero-order valence-electron chi connectivity index (χ0n) is 14.6. The minimum absolute atomic E-state index is 0.0000823. The molecule has 2 fully saturated rings. The normalized spacial score (nSPS) is 18.5. The highest BCUT2D eigenvalue weighted by Gasteiger charge is 2.40. The van der Waals surface area contributed by atoms with E-state index in [4.69, 9.17) is 14.6 Å². The number of likely N-dealkylation sites (tertiary alicyclic amines) is 1. The molecule has 1 heterocycles. The van der Waals surface area contributed by atoms with Crippen molar-refractivity contribution in [3.8, 4) is 11.5 Å². The Morgan fingerprint density at radius 1 is 1.12 bits per heavy atom. The van der Waals surface area contributed by atoms with Crippen LogP contribution in [0.3, 0.4) is 0 Å². The Kier molecular flexibility index (Phi) is 5.16. The zero-order valence-corrected chi connectivity index (χ0v) is 14.6. The largest absolute Gasteiger partial charge is 0.490 e. The Hall–Kier alpha value is -2.24. The van der Waals surface area contributed by atoms with Gasteiger partial charge in [-0.05, 0) is 56.2 Å². The number of aliphatic carboxylic acids is 1. The number of hydrogen-bond donors (Lipinski definition) is 1. The van der Waals surface area contributed by atoms with Gasteiger partial charge in [-0.3, -0.25) is 4.79 Å². The lowest BCUT2D eigenvalue weighted by molar-refractivity contribution is -0.139. The molecule has 1 N–H and O–H groups in total. The second-order valence-corrected chi connectivity index (χ2v) is 6.92. The van der Waals surface area contributed by atoms with Gasteiger partial charge in [-0.15, -0.1) is 0 Å². The molecule has 1 aliphatic heterocycles. The van der Waals surface area contributed by atoms with Crippen LogP contribution >= 0.6 is 0 Å². The molecule has 0 unspecified atom stereocenters. The third-order valence-corrected chi connectivity index (χ3v) is 5.37. The van der Waals surface area contributed by atoms with Gasteiger partial charge in [0, 0.05) is 18.7 Å². The smallest absolute Gasteiger partial charge is 0.341 e. The summed E-state index contributed by atoms with van der Waals surface area (Å²) < 4.78 is 10.7. The minimum Gasteiger partial charge on any atom is -0.490 e. The van der Waals surface area contributed by atoms with E-state index in [1.165, 1.54) is 19.3 Å². The molecule has 1 aromatic rings. The van der Waals surface area contributed by atoms with Crippen LogP contribution in [-0.2, 0) is 4.79 Å². The number of carbonyl (C=O) groups is 2. The van der Waals surface area contributed by atoms with Crippen LogP contribution in [0.2, 0.25) is 0 Å². The summed E-state index contributed by atoms with van der Waals surface area (Å²) in [5, 5.41) is 8.75. The summed E-state index contributed by atoms with van der Waals surface area (Å²) in [6.45, 7) is 3.41. The van der Waals surface area contributed by atoms with Crippen molar-refractivity contribution in [3.05, 3.63) is 23.8 Å². The summed E-state index contributed by atoms with van der Waals surface area (Å²) in [6.07, 6.45) is 6.12. The standard InChI is InChI=1S/C19H25NO5/c1-2-24-16-12-14(4-5-15(16)25-13-17(21)22)18(23)20-10-8-19(9-11-20)6-3-7-19/h4-5,12H,2-3,6-11,13H2,1H3,(H,21,22). The Labute approximate surface area is 147 Å². The van der Waals surface area contributed by atoms with Gasteiger partial charge in [0.15, 0.2) is 18.1 Å². The molecular formula is C19H25NO5. The first-order valence-electron chi connectivity index (χ1n) is 8.94. The molecule has 3 rings (SSSR count). The van der Waals surface area contributed by atoms with Gasteiger partial charge >= 0.3 is 5.97 Å². The van der Waals surface area contributed by atoms with Crippen molar-refractivity contribution < 1.29 is 24.2 Å². The molecule has 0 bridgehead atoms. The number of ether oxygens (including phenoxy) is 2. The fourth-order valence-corrected chi connectivity index (χ4v) is 3.71. The lowest BCUT2D eigenvalue weighted by Gasteiger charge is -2.48. The molecule has 136 valence electrons. The van der Waals surface area contributed by atoms with Crippen LogP contribution in [-0.4, -0.2) is 48.2 Å². The SMILES string of the molecule is CCOc1cc(C(=O)N2CCC3(CCC3)CC2)ccc1OCC(=O)O. The lowest BCUT2D eigenvalue weighted by Crippen LogP contribution is -2.45. The second kappa shape index (κ2) is 7.33. The molecule has 6 heteroatoms. The van der Waals surface area contributed by atoms with Crippen molar-refractivity contribution in [1.29, 1.82) is 0 Å². The number of piperidine rings is 1. The van der Waals surface area contributed by atoms with E-state index in [0.29, 0.717) is 29.1 Å². The van der Waals surface area contributed by atoms with E-state index in [2.05, 4.69) is 0 Å². The van der Waals surface area contributed by atoms with E-state index in [1.807, 2.05) is 11.8 Å².